The smallest absolute Gasteiger partial charge is 0.321 e. The maximum atomic E-state index is 13.8. The minimum atomic E-state index is -5.64. The molecule has 0 radical (unpaired) electrons. The highest BCUT2D eigenvalue weighted by atomic mass is 32.1. The van der Waals surface area contributed by atoms with Crippen molar-refractivity contribution in [1.82, 2.24) is 0 Å². The number of nitrogens with one attached hydrogen (secondary N) is 1. The number of carbonyl (C=O) groups excluding carboxylic acids is 1. The van der Waals surface area contributed by atoms with Gasteiger partial charge in [-0.05, 0) is 25.5 Å². The first-order valence-corrected chi connectivity index (χ1v) is 8.04. The van der Waals surface area contributed by atoms with Crippen LogP contribution in [0.3, 0.4) is 0 Å². The summed E-state index contributed by atoms with van der Waals surface area (Å²) in [4.78, 5) is 13.8. The number of halogens is 7. The molecule has 26 heavy (non-hydrogen) atoms. The minimum Gasteiger partial charge on any atom is -0.321 e. The number of amides is 1. The molecule has 1 aromatic heterocycles. The Balaban J connectivity index is 2.30. The van der Waals surface area contributed by atoms with E-state index < -0.39 is 52.5 Å². The van der Waals surface area contributed by atoms with Gasteiger partial charge in [0.2, 0.25) is 5.91 Å². The Morgan fingerprint density at radius 1 is 1.08 bits per heavy atom. The Morgan fingerprint density at radius 2 is 1.62 bits per heavy atom. The van der Waals surface area contributed by atoms with E-state index in [0.29, 0.717) is 0 Å². The standard InChI is InChI=1S/C16H12F7NOS/c1-6(5-8-4-3-7(2)26-8)15(25)24-14-12(19)10(17)9(16(21,22)23)11(18)13(14)20/h3-4,6H,5H2,1-2H3,(H,24,25)/t6-/m0/s1. The van der Waals surface area contributed by atoms with Crippen LogP contribution in [0.15, 0.2) is 12.1 Å². The van der Waals surface area contributed by atoms with E-state index in [1.54, 1.807) is 17.4 Å². The Morgan fingerprint density at radius 3 is 2.04 bits per heavy atom. The molecule has 142 valence electrons. The summed E-state index contributed by atoms with van der Waals surface area (Å²) in [5.74, 6) is -11.7. The fourth-order valence-corrected chi connectivity index (χ4v) is 3.25. The summed E-state index contributed by atoms with van der Waals surface area (Å²) in [7, 11) is 0. The summed E-state index contributed by atoms with van der Waals surface area (Å²) in [6.45, 7) is 3.23. The van der Waals surface area contributed by atoms with E-state index in [1.165, 1.54) is 18.3 Å². The molecule has 1 amide bonds. The lowest BCUT2D eigenvalue weighted by Crippen LogP contribution is -2.25. The lowest BCUT2D eigenvalue weighted by atomic mass is 10.1. The van der Waals surface area contributed by atoms with Gasteiger partial charge in [-0.3, -0.25) is 4.79 Å². The SMILES string of the molecule is Cc1ccc(C[C@H](C)C(=O)Nc2c(F)c(F)c(C(F)(F)F)c(F)c2F)s1. The van der Waals surface area contributed by atoms with Crippen molar-refractivity contribution in [3.8, 4) is 0 Å². The van der Waals surface area contributed by atoms with Crippen molar-refractivity contribution in [2.24, 2.45) is 5.92 Å². The van der Waals surface area contributed by atoms with E-state index in [9.17, 15) is 35.5 Å². The molecule has 1 heterocycles. The largest absolute Gasteiger partial charge is 0.422 e. The summed E-state index contributed by atoms with van der Waals surface area (Å²) < 4.78 is 92.3. The van der Waals surface area contributed by atoms with Crippen molar-refractivity contribution in [3.05, 3.63) is 50.7 Å². The number of aryl methyl sites for hydroxylation is 1. The number of thiophene rings is 1. The van der Waals surface area contributed by atoms with Gasteiger partial charge in [-0.1, -0.05) is 6.92 Å². The van der Waals surface area contributed by atoms with Crippen molar-refractivity contribution in [2.75, 3.05) is 5.32 Å². The number of benzene rings is 1. The van der Waals surface area contributed by atoms with Crippen LogP contribution in [-0.2, 0) is 17.4 Å². The van der Waals surface area contributed by atoms with Gasteiger partial charge < -0.3 is 5.32 Å². The fourth-order valence-electron chi connectivity index (χ4n) is 2.23. The number of alkyl halides is 3. The predicted octanol–water partition coefficient (Wildman–Crippen LogP) is 5.45. The molecule has 2 nitrogen and oxygen atoms in total. The van der Waals surface area contributed by atoms with Crippen LogP contribution in [0.2, 0.25) is 0 Å². The molecule has 0 aliphatic carbocycles. The topological polar surface area (TPSA) is 29.1 Å². The minimum absolute atomic E-state index is 0.180. The van der Waals surface area contributed by atoms with Crippen molar-refractivity contribution in [2.45, 2.75) is 26.4 Å². The van der Waals surface area contributed by atoms with Gasteiger partial charge >= 0.3 is 6.18 Å². The highest BCUT2D eigenvalue weighted by Gasteiger charge is 2.42. The molecule has 0 bridgehead atoms. The van der Waals surface area contributed by atoms with Crippen molar-refractivity contribution < 1.29 is 35.5 Å². The maximum Gasteiger partial charge on any atom is 0.422 e. The number of hydrogen-bond acceptors (Lipinski definition) is 2. The molecular formula is C16H12F7NOS. The van der Waals surface area contributed by atoms with Crippen LogP contribution in [0, 0.1) is 36.1 Å². The van der Waals surface area contributed by atoms with Crippen LogP contribution in [0.4, 0.5) is 36.4 Å². The third-order valence-corrected chi connectivity index (χ3v) is 4.57. The first-order chi connectivity index (χ1) is 11.9. The van der Waals surface area contributed by atoms with Crippen LogP contribution in [0.1, 0.15) is 22.2 Å². The molecule has 0 aliphatic rings. The highest BCUT2D eigenvalue weighted by molar-refractivity contribution is 7.11. The zero-order valence-corrected chi connectivity index (χ0v) is 14.2. The first kappa shape index (κ1) is 20.2. The molecule has 0 saturated carbocycles. The zero-order valence-electron chi connectivity index (χ0n) is 13.4. The lowest BCUT2D eigenvalue weighted by Gasteiger charge is -2.16. The summed E-state index contributed by atoms with van der Waals surface area (Å²) in [6, 6.07) is 3.53. The molecular weight excluding hydrogens is 387 g/mol. The third-order valence-electron chi connectivity index (χ3n) is 3.55. The monoisotopic (exact) mass is 399 g/mol. The van der Waals surface area contributed by atoms with Gasteiger partial charge in [-0.15, -0.1) is 11.3 Å². The lowest BCUT2D eigenvalue weighted by molar-refractivity contribution is -0.143. The first-order valence-electron chi connectivity index (χ1n) is 7.22. The molecule has 10 heteroatoms. The van der Waals surface area contributed by atoms with Crippen LogP contribution in [0.5, 0.6) is 0 Å². The number of rotatable bonds is 4. The molecule has 1 aromatic carbocycles. The van der Waals surface area contributed by atoms with Gasteiger partial charge in [-0.2, -0.15) is 13.2 Å². The molecule has 1 atom stereocenters. The quantitative estimate of drug-likeness (QED) is 0.538. The molecule has 0 fully saturated rings. The van der Waals surface area contributed by atoms with Gasteiger partial charge in [0.05, 0.1) is 0 Å². The Labute approximate surface area is 147 Å². The molecule has 0 aliphatic heterocycles. The second kappa shape index (κ2) is 7.26. The number of hydrogen-bond donors (Lipinski definition) is 1. The van der Waals surface area contributed by atoms with E-state index in [0.717, 1.165) is 9.75 Å². The Bertz CT molecular complexity index is 815. The van der Waals surface area contributed by atoms with Gasteiger partial charge in [0.1, 0.15) is 11.3 Å². The van der Waals surface area contributed by atoms with Crippen molar-refractivity contribution in [1.29, 1.82) is 0 Å². The van der Waals surface area contributed by atoms with Crippen LogP contribution >= 0.6 is 11.3 Å². The van der Waals surface area contributed by atoms with Crippen molar-refractivity contribution >= 4 is 22.9 Å². The molecule has 0 saturated heterocycles. The van der Waals surface area contributed by atoms with Gasteiger partial charge in [0.25, 0.3) is 0 Å². The second-order valence-corrected chi connectivity index (χ2v) is 6.98. The van der Waals surface area contributed by atoms with E-state index in [-0.39, 0.29) is 6.42 Å². The fraction of sp³-hybridized carbons (Fsp3) is 0.312. The Hall–Kier alpha value is -2.10. The highest BCUT2D eigenvalue weighted by Crippen LogP contribution is 2.38. The molecule has 2 aromatic rings. The van der Waals surface area contributed by atoms with Gasteiger partial charge in [0.15, 0.2) is 23.3 Å². The molecule has 1 N–H and O–H groups in total. The molecule has 2 rings (SSSR count). The summed E-state index contributed by atoms with van der Waals surface area (Å²) in [6.07, 6.45) is -5.46. The average molecular weight is 399 g/mol. The van der Waals surface area contributed by atoms with E-state index in [4.69, 9.17) is 0 Å². The molecule has 0 unspecified atom stereocenters. The second-order valence-electron chi connectivity index (χ2n) is 5.61. The molecule has 0 spiro atoms. The van der Waals surface area contributed by atoms with E-state index in [1.807, 2.05) is 6.92 Å². The summed E-state index contributed by atoms with van der Waals surface area (Å²) in [5, 5.41) is 1.63. The van der Waals surface area contributed by atoms with Gasteiger partial charge in [-0.25, -0.2) is 17.6 Å². The summed E-state index contributed by atoms with van der Waals surface area (Å²) in [5.41, 5.74) is -4.28. The van der Waals surface area contributed by atoms with E-state index in [2.05, 4.69) is 0 Å². The Kier molecular flexibility index (Phi) is 5.64. The van der Waals surface area contributed by atoms with E-state index >= 15 is 0 Å². The van der Waals surface area contributed by atoms with Crippen LogP contribution in [0.25, 0.3) is 0 Å². The van der Waals surface area contributed by atoms with Crippen molar-refractivity contribution in [3.63, 3.8) is 0 Å². The summed E-state index contributed by atoms with van der Waals surface area (Å²) >= 11 is 1.38. The third kappa shape index (κ3) is 4.00. The van der Waals surface area contributed by atoms with Crippen LogP contribution < -0.4 is 5.32 Å². The van der Waals surface area contributed by atoms with Crippen LogP contribution in [-0.4, -0.2) is 5.91 Å². The zero-order chi connectivity index (χ0) is 19.8. The predicted molar refractivity (Wildman–Crippen MR) is 81.8 cm³/mol. The average Bonchev–Trinajstić information content (AvgIpc) is 2.93. The normalized spacial score (nSPS) is 13.0. The number of anilines is 1. The number of carbonyl (C=O) groups is 1. The van der Waals surface area contributed by atoms with Gasteiger partial charge in [0, 0.05) is 15.7 Å². The maximum absolute atomic E-state index is 13.8.